The number of carbonyl (C=O) groups excluding carboxylic acids is 3. The molecule has 18 nitrogen and oxygen atoms in total. The van der Waals surface area contributed by atoms with Gasteiger partial charge in [0.2, 0.25) is 17.3 Å². The van der Waals surface area contributed by atoms with Crippen molar-refractivity contribution in [2.75, 3.05) is 44.2 Å². The van der Waals surface area contributed by atoms with E-state index in [-0.39, 0.29) is 45.3 Å². The zero-order chi connectivity index (χ0) is 37.4. The van der Waals surface area contributed by atoms with Crippen LogP contribution in [0.25, 0.3) is 5.70 Å². The van der Waals surface area contributed by atoms with Crippen LogP contribution in [0.3, 0.4) is 0 Å². The van der Waals surface area contributed by atoms with E-state index in [1.807, 2.05) is 0 Å². The number of halogens is 1. The van der Waals surface area contributed by atoms with Crippen molar-refractivity contribution in [1.82, 2.24) is 35.8 Å². The molecule has 3 aliphatic heterocycles. The Bertz CT molecular complexity index is 1960. The molecule has 21 heteroatoms. The number of carbonyl (C=O) groups is 4. The van der Waals surface area contributed by atoms with Crippen LogP contribution in [0.1, 0.15) is 55.0 Å². The minimum Gasteiger partial charge on any atom is -0.504 e. The zero-order valence-corrected chi connectivity index (χ0v) is 30.4. The van der Waals surface area contributed by atoms with Crippen molar-refractivity contribution in [3.8, 4) is 11.5 Å². The number of benzene rings is 1. The number of fused-ring (bicyclic) bond motifs is 1. The molecule has 0 spiro atoms. The molecule has 0 saturated carbocycles. The molecular formula is C31H36ClN10O8S2+. The van der Waals surface area contributed by atoms with Gasteiger partial charge >= 0.3 is 5.97 Å². The monoisotopic (exact) mass is 775 g/mol. The van der Waals surface area contributed by atoms with E-state index < -0.39 is 46.1 Å². The standard InChI is InChI=1S/C31H35ClN10O8S2/c1-31(2,29(48)49)50-38-23(19-14-52-30(33)35-19)22(45)10-17-27(47)41-24(25-36-39-40-37-25)15(13-51-28(17)41)12-42(6-3-4-7-42)8-5-34-26(46)16-9-20(43)21(44)11-18(16)32/h9,11,14,17,28H,3-8,10,12-13H2,1-2H3,(H6-,33,34,35,36,37,38,39,40,43,44,45,46,48,49)/p+1/t17-,28-/m1/s1. The molecule has 0 radical (unpaired) electrons. The van der Waals surface area contributed by atoms with Crippen LogP contribution in [0.2, 0.25) is 5.02 Å². The van der Waals surface area contributed by atoms with Gasteiger partial charge in [-0.05, 0) is 25.1 Å². The van der Waals surface area contributed by atoms with Crippen molar-refractivity contribution in [2.24, 2.45) is 11.1 Å². The van der Waals surface area contributed by atoms with Crippen LogP contribution >= 0.6 is 34.7 Å². The molecule has 2 atom stereocenters. The number of aromatic hydroxyl groups is 2. The molecule has 2 amide bonds. The number of aromatic amines is 1. The van der Waals surface area contributed by atoms with Crippen molar-refractivity contribution in [1.29, 1.82) is 0 Å². The summed E-state index contributed by atoms with van der Waals surface area (Å²) in [4.78, 5) is 63.0. The van der Waals surface area contributed by atoms with E-state index >= 15 is 0 Å². The van der Waals surface area contributed by atoms with Gasteiger partial charge < -0.3 is 35.7 Å². The van der Waals surface area contributed by atoms with E-state index in [1.165, 1.54) is 31.0 Å². The summed E-state index contributed by atoms with van der Waals surface area (Å²) in [6, 6.07) is 2.23. The molecule has 0 aliphatic carbocycles. The fourth-order valence-electron chi connectivity index (χ4n) is 6.44. The molecule has 2 fully saturated rings. The number of ketones is 1. The topological polar surface area (TPSA) is 259 Å². The van der Waals surface area contributed by atoms with E-state index in [1.54, 1.807) is 4.90 Å². The van der Waals surface area contributed by atoms with Crippen LogP contribution in [-0.4, -0.2) is 129 Å². The summed E-state index contributed by atoms with van der Waals surface area (Å²) in [7, 11) is 0. The van der Waals surface area contributed by atoms with Crippen LogP contribution in [0, 0.1) is 5.92 Å². The summed E-state index contributed by atoms with van der Waals surface area (Å²) in [5.74, 6) is -3.51. The number of quaternary nitrogens is 1. The summed E-state index contributed by atoms with van der Waals surface area (Å²) in [5, 5.41) is 51.6. The average Bonchev–Trinajstić information content (AvgIpc) is 3.89. The third-order valence-corrected chi connectivity index (χ3v) is 11.6. The molecule has 5 heterocycles. The highest BCUT2D eigenvalue weighted by Gasteiger charge is 2.54. The largest absolute Gasteiger partial charge is 0.504 e. The minimum atomic E-state index is -1.73. The predicted octanol–water partition coefficient (Wildman–Crippen LogP) is 1.83. The number of nitrogens with one attached hydrogen (secondary N) is 2. The van der Waals surface area contributed by atoms with Gasteiger partial charge in [0.05, 0.1) is 53.8 Å². The number of thioether (sulfide) groups is 1. The number of rotatable bonds is 14. The second-order valence-electron chi connectivity index (χ2n) is 13.2. The molecule has 0 bridgehead atoms. The number of aliphatic carboxylic acids is 1. The SMILES string of the molecule is CC(C)(O/N=C(\C(=O)C[C@@H]1C(=O)N2C(c3nn[nH]n3)=C(C[N+]3(CCNC(=O)c4cc(O)c(O)cc4Cl)CCCC3)CS[C@H]12)c1csc(N)n1)C(=O)O. The van der Waals surface area contributed by atoms with Crippen molar-refractivity contribution in [2.45, 2.75) is 44.1 Å². The van der Waals surface area contributed by atoms with Gasteiger partial charge in [-0.2, -0.15) is 5.21 Å². The third-order valence-electron chi connectivity index (χ3n) is 9.25. The lowest BCUT2D eigenvalue weighted by atomic mass is 9.89. The van der Waals surface area contributed by atoms with E-state index in [9.17, 15) is 34.5 Å². The molecule has 276 valence electrons. The number of nitrogen functional groups attached to an aromatic ring is 1. The number of likely N-dealkylation sites (tertiary alicyclic amines) is 1. The number of hydrogen-bond acceptors (Lipinski definition) is 15. The number of hydrogen-bond donors (Lipinski definition) is 6. The number of β-lactam (4-membered cyclic amide) rings is 1. The number of nitrogens with zero attached hydrogens (tertiary/aromatic N) is 7. The predicted molar refractivity (Wildman–Crippen MR) is 189 cm³/mol. The number of Topliss-reactive ketones (excluding diaryl/α,β-unsaturated/α-hetero) is 1. The number of H-pyrrole nitrogens is 1. The number of phenolic OH excluding ortho intramolecular Hbond substituents is 2. The Hall–Kier alpha value is -4.79. The molecule has 7 N–H and O–H groups in total. The maximum Gasteiger partial charge on any atom is 0.350 e. The van der Waals surface area contributed by atoms with Gasteiger partial charge in [0.15, 0.2) is 28.1 Å². The van der Waals surface area contributed by atoms with Gasteiger partial charge in [0.1, 0.15) is 12.2 Å². The van der Waals surface area contributed by atoms with Crippen LogP contribution in [0.5, 0.6) is 11.5 Å². The van der Waals surface area contributed by atoms with Crippen molar-refractivity contribution in [3.63, 3.8) is 0 Å². The number of nitrogens with two attached hydrogens (primary N) is 1. The quantitative estimate of drug-likeness (QED) is 0.0449. The summed E-state index contributed by atoms with van der Waals surface area (Å²) < 4.78 is 0.629. The Kier molecular flexibility index (Phi) is 10.4. The van der Waals surface area contributed by atoms with E-state index in [4.69, 9.17) is 22.2 Å². The average molecular weight is 776 g/mol. The highest BCUT2D eigenvalue weighted by Crippen LogP contribution is 2.48. The van der Waals surface area contributed by atoms with Crippen molar-refractivity contribution < 1.29 is 43.8 Å². The number of thiazole rings is 1. The zero-order valence-electron chi connectivity index (χ0n) is 28.0. The maximum absolute atomic E-state index is 13.9. The first kappa shape index (κ1) is 37.0. The van der Waals surface area contributed by atoms with Crippen molar-refractivity contribution >= 4 is 74.8 Å². The first-order chi connectivity index (χ1) is 24.7. The summed E-state index contributed by atoms with van der Waals surface area (Å²) >= 11 is 8.72. The minimum absolute atomic E-state index is 0.00703. The highest BCUT2D eigenvalue weighted by molar-refractivity contribution is 8.00. The summed E-state index contributed by atoms with van der Waals surface area (Å²) in [6.07, 6.45) is 1.71. The molecule has 52 heavy (non-hydrogen) atoms. The molecular weight excluding hydrogens is 740 g/mol. The Morgan fingerprint density at radius 1 is 1.23 bits per heavy atom. The molecule has 2 saturated heterocycles. The number of anilines is 1. The molecule has 0 unspecified atom stereocenters. The lowest BCUT2D eigenvalue weighted by molar-refractivity contribution is -0.911. The normalized spacial score (nSPS) is 20.0. The first-order valence-electron chi connectivity index (χ1n) is 16.2. The Morgan fingerprint density at radius 3 is 2.62 bits per heavy atom. The molecule has 2 aromatic heterocycles. The second-order valence-corrected chi connectivity index (χ2v) is 15.6. The van der Waals surface area contributed by atoms with Crippen LogP contribution in [0.15, 0.2) is 28.2 Å². The highest BCUT2D eigenvalue weighted by atomic mass is 35.5. The first-order valence-corrected chi connectivity index (χ1v) is 18.5. The summed E-state index contributed by atoms with van der Waals surface area (Å²) in [6.45, 7) is 5.66. The Morgan fingerprint density at radius 2 is 1.96 bits per heavy atom. The number of phenols is 2. The van der Waals surface area contributed by atoms with Gasteiger partial charge in [-0.3, -0.25) is 19.3 Å². The van der Waals surface area contributed by atoms with Gasteiger partial charge in [0, 0.05) is 42.0 Å². The fourth-order valence-corrected chi connectivity index (χ4v) is 8.64. The van der Waals surface area contributed by atoms with Crippen LogP contribution in [-0.2, 0) is 19.2 Å². The summed E-state index contributed by atoms with van der Waals surface area (Å²) in [5.41, 5.74) is 5.42. The second kappa shape index (κ2) is 14.7. The smallest absolute Gasteiger partial charge is 0.350 e. The molecule has 3 aliphatic rings. The molecule has 1 aromatic carbocycles. The number of aromatic nitrogens is 5. The van der Waals surface area contributed by atoms with Crippen LogP contribution < -0.4 is 11.1 Å². The molecule has 6 rings (SSSR count). The van der Waals surface area contributed by atoms with Gasteiger partial charge in [0.25, 0.3) is 5.91 Å². The maximum atomic E-state index is 13.9. The van der Waals surface area contributed by atoms with Gasteiger partial charge in [-0.1, -0.05) is 16.8 Å². The van der Waals surface area contributed by atoms with Gasteiger partial charge in [-0.15, -0.1) is 33.3 Å². The number of amides is 2. The number of carboxylic acid groups (broad SMARTS) is 1. The lowest BCUT2D eigenvalue weighted by Gasteiger charge is -2.50. The van der Waals surface area contributed by atoms with Crippen LogP contribution in [0.4, 0.5) is 5.13 Å². The van der Waals surface area contributed by atoms with Crippen molar-refractivity contribution in [3.05, 3.63) is 45.2 Å². The Labute approximate surface area is 309 Å². The number of tetrazole rings is 1. The van der Waals surface area contributed by atoms with Gasteiger partial charge in [-0.25, -0.2) is 9.78 Å². The molecule has 3 aromatic rings. The fraction of sp³-hybridized carbons (Fsp3) is 0.452. The Balaban J connectivity index is 1.19. The lowest BCUT2D eigenvalue weighted by Crippen LogP contribution is -2.61. The van der Waals surface area contributed by atoms with E-state index in [0.717, 1.165) is 55.0 Å². The number of carboxylic acids is 1. The number of oxime groups is 1. The third kappa shape index (κ3) is 7.41. The van der Waals surface area contributed by atoms with E-state index in [2.05, 4.69) is 36.1 Å². The van der Waals surface area contributed by atoms with E-state index in [0.29, 0.717) is 35.6 Å².